The van der Waals surface area contributed by atoms with Gasteiger partial charge in [0.05, 0.1) is 0 Å². The minimum Gasteiger partial charge on any atom is -0.480 e. The van der Waals surface area contributed by atoms with Crippen LogP contribution in [0.5, 0.6) is 0 Å². The second-order valence-electron chi connectivity index (χ2n) is 5.71. The average molecular weight is 233 g/mol. The van der Waals surface area contributed by atoms with E-state index in [1.54, 1.807) is 11.8 Å². The molecule has 3 nitrogen and oxygen atoms in total. The minimum atomic E-state index is -0.776. The lowest BCUT2D eigenvalue weighted by Gasteiger charge is -2.28. The molecule has 0 saturated carbocycles. The number of carbonyl (C=O) groups is 1. The van der Waals surface area contributed by atoms with E-state index in [0.717, 1.165) is 0 Å². The molecule has 0 aliphatic heterocycles. The van der Waals surface area contributed by atoms with E-state index < -0.39 is 12.0 Å². The van der Waals surface area contributed by atoms with Gasteiger partial charge in [-0.2, -0.15) is 11.8 Å². The Labute approximate surface area is 97.0 Å². The third-order valence-corrected chi connectivity index (χ3v) is 2.95. The molecule has 0 heterocycles. The molecule has 15 heavy (non-hydrogen) atoms. The Kier molecular flexibility index (Phi) is 5.14. The van der Waals surface area contributed by atoms with Gasteiger partial charge in [0, 0.05) is 16.0 Å². The van der Waals surface area contributed by atoms with Gasteiger partial charge < -0.3 is 5.11 Å². The molecule has 1 atom stereocenters. The van der Waals surface area contributed by atoms with E-state index >= 15 is 0 Å². The first-order valence-corrected chi connectivity index (χ1v) is 6.14. The quantitative estimate of drug-likeness (QED) is 0.782. The number of nitrogens with one attached hydrogen (secondary N) is 1. The van der Waals surface area contributed by atoms with Crippen LogP contribution in [0.2, 0.25) is 0 Å². The maximum Gasteiger partial charge on any atom is 0.321 e. The lowest BCUT2D eigenvalue weighted by atomic mass is 10.1. The Bertz CT molecular complexity index is 216. The molecule has 0 radical (unpaired) electrons. The van der Waals surface area contributed by atoms with Gasteiger partial charge in [-0.05, 0) is 20.8 Å². The highest BCUT2D eigenvalue weighted by atomic mass is 32.2. The molecule has 2 N–H and O–H groups in total. The Morgan fingerprint density at radius 2 is 1.73 bits per heavy atom. The molecule has 0 aromatic rings. The van der Waals surface area contributed by atoms with E-state index in [1.165, 1.54) is 0 Å². The highest BCUT2D eigenvalue weighted by molar-refractivity contribution is 8.00. The topological polar surface area (TPSA) is 49.3 Å². The smallest absolute Gasteiger partial charge is 0.321 e. The van der Waals surface area contributed by atoms with E-state index in [9.17, 15) is 4.79 Å². The molecule has 0 spiro atoms. The molecule has 0 saturated heterocycles. The van der Waals surface area contributed by atoms with Crippen LogP contribution in [0.1, 0.15) is 41.5 Å². The van der Waals surface area contributed by atoms with Crippen LogP contribution in [0.4, 0.5) is 0 Å². The number of thioether (sulfide) groups is 1. The largest absolute Gasteiger partial charge is 0.480 e. The van der Waals surface area contributed by atoms with E-state index in [2.05, 4.69) is 26.1 Å². The van der Waals surface area contributed by atoms with Gasteiger partial charge in [-0.15, -0.1) is 0 Å². The molecule has 0 rings (SSSR count). The summed E-state index contributed by atoms with van der Waals surface area (Å²) in [5, 5.41) is 12.2. The van der Waals surface area contributed by atoms with E-state index in [-0.39, 0.29) is 10.3 Å². The second kappa shape index (κ2) is 5.21. The van der Waals surface area contributed by atoms with E-state index in [0.29, 0.717) is 5.75 Å². The summed E-state index contributed by atoms with van der Waals surface area (Å²) in [7, 11) is 0. The Morgan fingerprint density at radius 1 is 1.27 bits per heavy atom. The zero-order chi connectivity index (χ0) is 12.3. The average Bonchev–Trinajstić information content (AvgIpc) is 1.93. The van der Waals surface area contributed by atoms with Crippen molar-refractivity contribution in [3.05, 3.63) is 0 Å². The summed E-state index contributed by atoms with van der Waals surface area (Å²) >= 11 is 1.67. The van der Waals surface area contributed by atoms with Crippen LogP contribution in [0.15, 0.2) is 0 Å². The van der Waals surface area contributed by atoms with Crippen LogP contribution in [0.3, 0.4) is 0 Å². The van der Waals surface area contributed by atoms with Crippen molar-refractivity contribution in [3.8, 4) is 0 Å². The molecular formula is C11H23NO2S. The summed E-state index contributed by atoms with van der Waals surface area (Å²) < 4.78 is 0.104. The van der Waals surface area contributed by atoms with Gasteiger partial charge in [-0.3, -0.25) is 10.1 Å². The molecular weight excluding hydrogens is 210 g/mol. The highest BCUT2D eigenvalue weighted by Crippen LogP contribution is 2.24. The molecule has 0 fully saturated rings. The van der Waals surface area contributed by atoms with Gasteiger partial charge in [0.15, 0.2) is 0 Å². The fourth-order valence-corrected chi connectivity index (χ4v) is 1.92. The van der Waals surface area contributed by atoms with Gasteiger partial charge in [-0.25, -0.2) is 0 Å². The van der Waals surface area contributed by atoms with Crippen LogP contribution < -0.4 is 5.32 Å². The van der Waals surface area contributed by atoms with Crippen LogP contribution >= 0.6 is 11.8 Å². The third kappa shape index (κ3) is 8.75. The standard InChI is InChI=1S/C11H23NO2S/c1-10(2,3)12-8(9(13)14)7-15-11(4,5)6/h8,12H,7H2,1-6H3,(H,13,14). The number of rotatable bonds is 4. The number of hydrogen-bond acceptors (Lipinski definition) is 3. The van der Waals surface area contributed by atoms with Crippen LogP contribution in [0.25, 0.3) is 0 Å². The zero-order valence-electron chi connectivity index (χ0n) is 10.5. The molecule has 4 heteroatoms. The molecule has 0 aliphatic rings. The fraction of sp³-hybridized carbons (Fsp3) is 0.909. The zero-order valence-corrected chi connectivity index (χ0v) is 11.4. The van der Waals surface area contributed by atoms with Crippen molar-refractivity contribution in [2.45, 2.75) is 57.9 Å². The first-order valence-electron chi connectivity index (χ1n) is 5.16. The second-order valence-corrected chi connectivity index (χ2v) is 7.56. The summed E-state index contributed by atoms with van der Waals surface area (Å²) in [6.45, 7) is 12.2. The predicted octanol–water partition coefficient (Wildman–Crippen LogP) is 2.36. The molecule has 0 amide bonds. The minimum absolute atomic E-state index is 0.104. The monoisotopic (exact) mass is 233 g/mol. The van der Waals surface area contributed by atoms with Gasteiger partial charge >= 0.3 is 5.97 Å². The normalized spacial score (nSPS) is 15.1. The van der Waals surface area contributed by atoms with Crippen molar-refractivity contribution in [2.75, 3.05) is 5.75 Å². The number of aliphatic carboxylic acids is 1. The summed E-state index contributed by atoms with van der Waals surface area (Å²) in [6.07, 6.45) is 0. The molecule has 90 valence electrons. The summed E-state index contributed by atoms with van der Waals surface area (Å²) in [4.78, 5) is 11.0. The number of hydrogen-bond donors (Lipinski definition) is 2. The molecule has 0 bridgehead atoms. The van der Waals surface area contributed by atoms with Crippen molar-refractivity contribution < 1.29 is 9.90 Å². The van der Waals surface area contributed by atoms with Gasteiger partial charge in [0.2, 0.25) is 0 Å². The first-order chi connectivity index (χ1) is 6.51. The molecule has 0 aromatic heterocycles. The van der Waals surface area contributed by atoms with E-state index in [1.807, 2.05) is 20.8 Å². The van der Waals surface area contributed by atoms with Crippen molar-refractivity contribution in [3.63, 3.8) is 0 Å². The van der Waals surface area contributed by atoms with Gasteiger partial charge in [-0.1, -0.05) is 20.8 Å². The van der Waals surface area contributed by atoms with Crippen LogP contribution in [0, 0.1) is 0 Å². The highest BCUT2D eigenvalue weighted by Gasteiger charge is 2.25. The maximum absolute atomic E-state index is 11.0. The van der Waals surface area contributed by atoms with Gasteiger partial charge in [0.1, 0.15) is 6.04 Å². The molecule has 1 unspecified atom stereocenters. The molecule has 0 aromatic carbocycles. The van der Waals surface area contributed by atoms with Gasteiger partial charge in [0.25, 0.3) is 0 Å². The van der Waals surface area contributed by atoms with Crippen LogP contribution in [-0.4, -0.2) is 33.2 Å². The maximum atomic E-state index is 11.0. The number of carboxylic acids is 1. The van der Waals surface area contributed by atoms with Crippen molar-refractivity contribution in [1.29, 1.82) is 0 Å². The first kappa shape index (κ1) is 14.8. The Hall–Kier alpha value is -0.220. The molecule has 0 aliphatic carbocycles. The lowest BCUT2D eigenvalue weighted by Crippen LogP contribution is -2.49. The Morgan fingerprint density at radius 3 is 2.00 bits per heavy atom. The van der Waals surface area contributed by atoms with Crippen molar-refractivity contribution >= 4 is 17.7 Å². The Balaban J connectivity index is 4.25. The summed E-state index contributed by atoms with van der Waals surface area (Å²) in [5.74, 6) is -0.183. The predicted molar refractivity (Wildman–Crippen MR) is 66.5 cm³/mol. The van der Waals surface area contributed by atoms with Crippen LogP contribution in [-0.2, 0) is 4.79 Å². The summed E-state index contributed by atoms with van der Waals surface area (Å²) in [5.41, 5.74) is -0.165. The van der Waals surface area contributed by atoms with Crippen molar-refractivity contribution in [2.24, 2.45) is 0 Å². The van der Waals surface area contributed by atoms with Crippen molar-refractivity contribution in [1.82, 2.24) is 5.32 Å². The lowest BCUT2D eigenvalue weighted by molar-refractivity contribution is -0.139. The SMILES string of the molecule is CC(C)(C)NC(CSC(C)(C)C)C(=O)O. The summed E-state index contributed by atoms with van der Waals surface area (Å²) in [6, 6.07) is -0.478. The third-order valence-electron chi connectivity index (χ3n) is 1.59. The fourth-order valence-electron chi connectivity index (χ4n) is 1.03. The number of carboxylic acid groups (broad SMARTS) is 1. The van der Waals surface area contributed by atoms with E-state index in [4.69, 9.17) is 5.11 Å².